The van der Waals surface area contributed by atoms with E-state index in [2.05, 4.69) is 24.1 Å². The van der Waals surface area contributed by atoms with Gasteiger partial charge in [-0.15, -0.1) is 0 Å². The summed E-state index contributed by atoms with van der Waals surface area (Å²) >= 11 is 0. The van der Waals surface area contributed by atoms with Crippen molar-refractivity contribution in [1.82, 2.24) is 24.4 Å². The van der Waals surface area contributed by atoms with Crippen molar-refractivity contribution in [3.8, 4) is 11.5 Å². The van der Waals surface area contributed by atoms with Gasteiger partial charge in [-0.2, -0.15) is 0 Å². The van der Waals surface area contributed by atoms with Gasteiger partial charge in [-0.25, -0.2) is 9.78 Å². The molecule has 10 heteroatoms. The van der Waals surface area contributed by atoms with Crippen molar-refractivity contribution in [3.05, 3.63) is 50.4 Å². The fraction of sp³-hybridized carbons (Fsp3) is 0.571. The van der Waals surface area contributed by atoms with Crippen LogP contribution >= 0.6 is 0 Å². The number of imidazole rings is 1. The van der Waals surface area contributed by atoms with Gasteiger partial charge in [-0.3, -0.25) is 19.1 Å². The number of nitrogens with one attached hydrogen (secondary N) is 2. The second-order valence-corrected chi connectivity index (χ2v) is 9.72. The number of carbonyl (C=O) groups is 1. The second-order valence-electron chi connectivity index (χ2n) is 9.72. The normalized spacial score (nSPS) is 11.3. The molecular weight excluding hydrogens is 486 g/mol. The summed E-state index contributed by atoms with van der Waals surface area (Å²) in [6.07, 6.45) is 2.97. The number of hydrogen-bond acceptors (Lipinski definition) is 6. The molecule has 3 aromatic rings. The zero-order valence-electron chi connectivity index (χ0n) is 23.3. The van der Waals surface area contributed by atoms with E-state index in [1.165, 1.54) is 4.57 Å². The van der Waals surface area contributed by atoms with Crippen molar-refractivity contribution in [2.24, 2.45) is 5.92 Å². The number of aromatic nitrogens is 4. The molecule has 0 aliphatic rings. The molecule has 0 bridgehead atoms. The van der Waals surface area contributed by atoms with E-state index in [0.717, 1.165) is 18.4 Å². The molecule has 2 N–H and O–H groups in total. The summed E-state index contributed by atoms with van der Waals surface area (Å²) in [5.41, 5.74) is 0.939. The minimum Gasteiger partial charge on any atom is -0.490 e. The lowest BCUT2D eigenvalue weighted by molar-refractivity contribution is -0.121. The largest absolute Gasteiger partial charge is 0.490 e. The minimum atomic E-state index is -0.448. The van der Waals surface area contributed by atoms with Crippen molar-refractivity contribution >= 4 is 17.1 Å². The highest BCUT2D eigenvalue weighted by Crippen LogP contribution is 2.28. The van der Waals surface area contributed by atoms with Crippen molar-refractivity contribution in [2.45, 2.75) is 79.8 Å². The zero-order valence-corrected chi connectivity index (χ0v) is 23.3. The van der Waals surface area contributed by atoms with Gasteiger partial charge in [0.25, 0.3) is 5.56 Å². The Morgan fingerprint density at radius 3 is 2.47 bits per heavy atom. The number of benzene rings is 1. The summed E-state index contributed by atoms with van der Waals surface area (Å²) in [5.74, 6) is 2.21. The molecule has 0 saturated heterocycles. The predicted octanol–water partition coefficient (Wildman–Crippen LogP) is 3.43. The smallest absolute Gasteiger partial charge is 0.330 e. The molecule has 0 aliphatic carbocycles. The van der Waals surface area contributed by atoms with Crippen LogP contribution in [0, 0.1) is 5.92 Å². The first-order chi connectivity index (χ1) is 18.3. The van der Waals surface area contributed by atoms with Gasteiger partial charge >= 0.3 is 5.69 Å². The van der Waals surface area contributed by atoms with Gasteiger partial charge < -0.3 is 19.4 Å². The molecule has 0 atom stereocenters. The summed E-state index contributed by atoms with van der Waals surface area (Å²) in [6.45, 7) is 12.7. The van der Waals surface area contributed by atoms with Gasteiger partial charge in [0.15, 0.2) is 22.7 Å². The number of carbonyl (C=O) groups excluding carboxylic acids is 1. The van der Waals surface area contributed by atoms with Gasteiger partial charge in [0.2, 0.25) is 5.91 Å². The van der Waals surface area contributed by atoms with Crippen LogP contribution in [0.4, 0.5) is 0 Å². The average molecular weight is 528 g/mol. The van der Waals surface area contributed by atoms with Gasteiger partial charge in [0.1, 0.15) is 5.82 Å². The molecule has 3 rings (SSSR count). The molecular formula is C28H41N5O5. The third-order valence-corrected chi connectivity index (χ3v) is 6.17. The van der Waals surface area contributed by atoms with E-state index in [0.29, 0.717) is 74.2 Å². The van der Waals surface area contributed by atoms with E-state index >= 15 is 0 Å². The number of rotatable bonds is 15. The molecule has 1 amide bonds. The third kappa shape index (κ3) is 7.26. The topological polar surface area (TPSA) is 120 Å². The third-order valence-electron chi connectivity index (χ3n) is 6.17. The minimum absolute atomic E-state index is 0.0959. The number of ether oxygens (including phenoxy) is 2. The Labute approximate surface area is 223 Å². The lowest BCUT2D eigenvalue weighted by Crippen LogP contribution is -2.31. The molecule has 0 radical (unpaired) electrons. The Bertz CT molecular complexity index is 1340. The lowest BCUT2D eigenvalue weighted by Gasteiger charge is -2.13. The first-order valence-corrected chi connectivity index (χ1v) is 13.7. The number of aryl methyl sites for hydroxylation is 2. The Morgan fingerprint density at radius 1 is 1.05 bits per heavy atom. The number of nitrogens with zero attached hydrogens (tertiary/aromatic N) is 3. The predicted molar refractivity (Wildman–Crippen MR) is 148 cm³/mol. The summed E-state index contributed by atoms with van der Waals surface area (Å²) in [6, 6.07) is 5.82. The van der Waals surface area contributed by atoms with Crippen LogP contribution in [0.2, 0.25) is 0 Å². The van der Waals surface area contributed by atoms with Crippen LogP contribution in [0.1, 0.15) is 65.3 Å². The molecule has 2 heterocycles. The van der Waals surface area contributed by atoms with Gasteiger partial charge in [-0.05, 0) is 50.3 Å². The molecule has 0 unspecified atom stereocenters. The number of unbranched alkanes of at least 4 members (excludes halogenated alkanes) is 1. The Balaban J connectivity index is 1.70. The SMILES string of the molecule is CCCCn1c(=O)[nH]c(=O)c2c1nc(CCC(=O)NCCc1ccc(OCC)c(OCC)c1)n2CC(C)C. The highest BCUT2D eigenvalue weighted by Gasteiger charge is 2.19. The van der Waals surface area contributed by atoms with Crippen LogP contribution in [0.5, 0.6) is 11.5 Å². The number of aromatic amines is 1. The van der Waals surface area contributed by atoms with Gasteiger partial charge in [0.05, 0.1) is 13.2 Å². The number of hydrogen-bond donors (Lipinski definition) is 2. The quantitative estimate of drug-likeness (QED) is 0.312. The first kappa shape index (κ1) is 29.0. The highest BCUT2D eigenvalue weighted by molar-refractivity contribution is 5.76. The number of amides is 1. The average Bonchev–Trinajstić information content (AvgIpc) is 3.22. The summed E-state index contributed by atoms with van der Waals surface area (Å²) in [7, 11) is 0. The molecule has 0 fully saturated rings. The molecule has 10 nitrogen and oxygen atoms in total. The van der Waals surface area contributed by atoms with Crippen LogP contribution in [0.15, 0.2) is 27.8 Å². The van der Waals surface area contributed by atoms with Crippen molar-refractivity contribution < 1.29 is 14.3 Å². The van der Waals surface area contributed by atoms with Crippen LogP contribution in [0.3, 0.4) is 0 Å². The van der Waals surface area contributed by atoms with Crippen LogP contribution in [-0.2, 0) is 30.7 Å². The molecule has 0 saturated carbocycles. The van der Waals surface area contributed by atoms with Crippen LogP contribution in [-0.4, -0.2) is 44.8 Å². The van der Waals surface area contributed by atoms with Crippen molar-refractivity contribution in [2.75, 3.05) is 19.8 Å². The lowest BCUT2D eigenvalue weighted by atomic mass is 10.1. The first-order valence-electron chi connectivity index (χ1n) is 13.7. The van der Waals surface area contributed by atoms with Crippen LogP contribution < -0.4 is 26.0 Å². The standard InChI is InChI=1S/C28H41N5O5/c1-6-9-16-32-26-25(27(35)31-28(32)36)33(18-19(4)5)23(30-26)12-13-24(34)29-15-14-20-10-11-21(37-7-2)22(17-20)38-8-3/h10-11,17,19H,6-9,12-16,18H2,1-5H3,(H,29,34)(H,31,35,36). The molecule has 208 valence electrons. The van der Waals surface area contributed by atoms with Crippen LogP contribution in [0.25, 0.3) is 11.2 Å². The highest BCUT2D eigenvalue weighted by atomic mass is 16.5. The molecule has 2 aromatic heterocycles. The van der Waals surface area contributed by atoms with Crippen molar-refractivity contribution in [1.29, 1.82) is 0 Å². The van der Waals surface area contributed by atoms with E-state index in [9.17, 15) is 14.4 Å². The number of H-pyrrole nitrogens is 1. The van der Waals surface area contributed by atoms with E-state index < -0.39 is 11.2 Å². The maximum atomic E-state index is 12.8. The maximum absolute atomic E-state index is 12.8. The van der Waals surface area contributed by atoms with E-state index in [4.69, 9.17) is 14.5 Å². The summed E-state index contributed by atoms with van der Waals surface area (Å²) < 4.78 is 14.7. The maximum Gasteiger partial charge on any atom is 0.330 e. The number of fused-ring (bicyclic) bond motifs is 1. The van der Waals surface area contributed by atoms with Crippen molar-refractivity contribution in [3.63, 3.8) is 0 Å². The fourth-order valence-corrected chi connectivity index (χ4v) is 4.40. The zero-order chi connectivity index (χ0) is 27.7. The molecule has 0 spiro atoms. The Kier molecular flexibility index (Phi) is 10.6. The fourth-order valence-electron chi connectivity index (χ4n) is 4.40. The van der Waals surface area contributed by atoms with Gasteiger partial charge in [0, 0.05) is 32.5 Å². The van der Waals surface area contributed by atoms with E-state index in [1.54, 1.807) is 0 Å². The summed E-state index contributed by atoms with van der Waals surface area (Å²) in [4.78, 5) is 45.1. The van der Waals surface area contributed by atoms with E-state index in [1.807, 2.05) is 43.5 Å². The van der Waals surface area contributed by atoms with E-state index in [-0.39, 0.29) is 18.2 Å². The van der Waals surface area contributed by atoms with Gasteiger partial charge in [-0.1, -0.05) is 33.3 Å². The molecule has 0 aliphatic heterocycles. The Hall–Kier alpha value is -3.56. The Morgan fingerprint density at radius 2 is 1.79 bits per heavy atom. The second kappa shape index (κ2) is 13.8. The molecule has 1 aromatic carbocycles. The molecule has 38 heavy (non-hydrogen) atoms. The summed E-state index contributed by atoms with van der Waals surface area (Å²) in [5, 5.41) is 2.98. The monoisotopic (exact) mass is 527 g/mol.